The number of nitrogens with one attached hydrogen (secondary N) is 1. The molecule has 1 heterocycles. The van der Waals surface area contributed by atoms with E-state index in [2.05, 4.69) is 29.1 Å². The molecule has 0 spiro atoms. The van der Waals surface area contributed by atoms with Crippen molar-refractivity contribution < 1.29 is 4.79 Å². The molecule has 1 fully saturated rings. The summed E-state index contributed by atoms with van der Waals surface area (Å²) in [5.41, 5.74) is 7.22. The van der Waals surface area contributed by atoms with Gasteiger partial charge in [-0.05, 0) is 48.6 Å². The SMILES string of the molecule is CC(Cc1ccsc1)NC(=O)C1CCCC1N. The largest absolute Gasteiger partial charge is 0.353 e. The lowest BCUT2D eigenvalue weighted by atomic mass is 10.0. The van der Waals surface area contributed by atoms with Crippen molar-refractivity contribution >= 4 is 17.2 Å². The average Bonchev–Trinajstić information content (AvgIpc) is 2.88. The molecule has 4 heteroatoms. The Morgan fingerprint density at radius 2 is 2.47 bits per heavy atom. The zero-order valence-electron chi connectivity index (χ0n) is 10.2. The van der Waals surface area contributed by atoms with Crippen molar-refractivity contribution in [3.8, 4) is 0 Å². The van der Waals surface area contributed by atoms with Crippen LogP contribution in [0.4, 0.5) is 0 Å². The lowest BCUT2D eigenvalue weighted by Gasteiger charge is -2.19. The van der Waals surface area contributed by atoms with E-state index in [4.69, 9.17) is 5.73 Å². The Hall–Kier alpha value is -0.870. The van der Waals surface area contributed by atoms with E-state index in [1.165, 1.54) is 5.56 Å². The molecule has 1 amide bonds. The Bertz CT molecular complexity index is 364. The normalized spacial score (nSPS) is 25.8. The molecule has 3 nitrogen and oxygen atoms in total. The fourth-order valence-electron chi connectivity index (χ4n) is 2.48. The molecule has 2 rings (SSSR count). The zero-order chi connectivity index (χ0) is 12.3. The van der Waals surface area contributed by atoms with Crippen LogP contribution in [0.15, 0.2) is 16.8 Å². The van der Waals surface area contributed by atoms with Crippen LogP contribution in [0.1, 0.15) is 31.7 Å². The smallest absolute Gasteiger partial charge is 0.224 e. The van der Waals surface area contributed by atoms with Gasteiger partial charge in [-0.15, -0.1) is 0 Å². The summed E-state index contributed by atoms with van der Waals surface area (Å²) in [5, 5.41) is 7.27. The molecule has 17 heavy (non-hydrogen) atoms. The second kappa shape index (κ2) is 5.65. The van der Waals surface area contributed by atoms with Gasteiger partial charge in [0.15, 0.2) is 0 Å². The molecular formula is C13H20N2OS. The van der Waals surface area contributed by atoms with E-state index in [-0.39, 0.29) is 23.9 Å². The third-order valence-corrected chi connectivity index (χ3v) is 4.15. The first-order valence-corrected chi connectivity index (χ1v) is 7.18. The molecule has 0 radical (unpaired) electrons. The highest BCUT2D eigenvalue weighted by Crippen LogP contribution is 2.24. The summed E-state index contributed by atoms with van der Waals surface area (Å²) in [4.78, 5) is 12.0. The molecule has 1 aliphatic rings. The van der Waals surface area contributed by atoms with Crippen molar-refractivity contribution in [2.45, 2.75) is 44.7 Å². The van der Waals surface area contributed by atoms with Crippen LogP contribution in [-0.4, -0.2) is 18.0 Å². The van der Waals surface area contributed by atoms with E-state index in [0.717, 1.165) is 25.7 Å². The van der Waals surface area contributed by atoms with E-state index in [0.29, 0.717) is 0 Å². The summed E-state index contributed by atoms with van der Waals surface area (Å²) in [5.74, 6) is 0.164. The number of hydrogen-bond donors (Lipinski definition) is 2. The molecule has 0 aromatic carbocycles. The van der Waals surface area contributed by atoms with E-state index in [1.54, 1.807) is 11.3 Å². The van der Waals surface area contributed by atoms with E-state index < -0.39 is 0 Å². The Balaban J connectivity index is 1.82. The van der Waals surface area contributed by atoms with Gasteiger partial charge in [-0.2, -0.15) is 11.3 Å². The molecule has 94 valence electrons. The summed E-state index contributed by atoms with van der Waals surface area (Å²) >= 11 is 1.69. The van der Waals surface area contributed by atoms with Crippen molar-refractivity contribution in [2.24, 2.45) is 11.7 Å². The minimum absolute atomic E-state index is 0.0277. The maximum absolute atomic E-state index is 12.0. The number of rotatable bonds is 4. The maximum atomic E-state index is 12.0. The van der Waals surface area contributed by atoms with Crippen molar-refractivity contribution in [2.75, 3.05) is 0 Å². The van der Waals surface area contributed by atoms with Crippen LogP contribution >= 0.6 is 11.3 Å². The number of nitrogens with two attached hydrogens (primary N) is 1. The minimum atomic E-state index is 0.0277. The third-order valence-electron chi connectivity index (χ3n) is 3.42. The molecule has 1 aromatic rings. The molecule has 3 atom stereocenters. The lowest BCUT2D eigenvalue weighted by molar-refractivity contribution is -0.125. The fourth-order valence-corrected chi connectivity index (χ4v) is 3.16. The predicted molar refractivity (Wildman–Crippen MR) is 70.9 cm³/mol. The molecule has 0 bridgehead atoms. The van der Waals surface area contributed by atoms with Crippen molar-refractivity contribution in [1.82, 2.24) is 5.32 Å². The van der Waals surface area contributed by atoms with Gasteiger partial charge in [0.2, 0.25) is 5.91 Å². The Morgan fingerprint density at radius 1 is 1.65 bits per heavy atom. The Kier molecular flexibility index (Phi) is 4.18. The van der Waals surface area contributed by atoms with Gasteiger partial charge in [0.05, 0.1) is 5.92 Å². The molecule has 1 aromatic heterocycles. The number of amides is 1. The summed E-state index contributed by atoms with van der Waals surface area (Å²) in [7, 11) is 0. The predicted octanol–water partition coefficient (Wildman–Crippen LogP) is 1.92. The van der Waals surface area contributed by atoms with Crippen LogP contribution in [-0.2, 0) is 11.2 Å². The van der Waals surface area contributed by atoms with Crippen molar-refractivity contribution in [3.63, 3.8) is 0 Å². The van der Waals surface area contributed by atoms with Crippen LogP contribution in [0.25, 0.3) is 0 Å². The number of carbonyl (C=O) groups is 1. The van der Waals surface area contributed by atoms with Gasteiger partial charge in [0.1, 0.15) is 0 Å². The van der Waals surface area contributed by atoms with E-state index in [9.17, 15) is 4.79 Å². The maximum Gasteiger partial charge on any atom is 0.224 e. The fraction of sp³-hybridized carbons (Fsp3) is 0.615. The molecule has 3 N–H and O–H groups in total. The van der Waals surface area contributed by atoms with E-state index >= 15 is 0 Å². The molecular weight excluding hydrogens is 232 g/mol. The summed E-state index contributed by atoms with van der Waals surface area (Å²) in [6.45, 7) is 2.05. The monoisotopic (exact) mass is 252 g/mol. The number of carbonyl (C=O) groups excluding carboxylic acids is 1. The highest BCUT2D eigenvalue weighted by atomic mass is 32.1. The summed E-state index contributed by atoms with van der Waals surface area (Å²) < 4.78 is 0. The third kappa shape index (κ3) is 3.30. The second-order valence-electron chi connectivity index (χ2n) is 4.95. The Labute approximate surface area is 106 Å². The average molecular weight is 252 g/mol. The minimum Gasteiger partial charge on any atom is -0.353 e. The highest BCUT2D eigenvalue weighted by molar-refractivity contribution is 7.07. The first kappa shape index (κ1) is 12.6. The Morgan fingerprint density at radius 3 is 3.06 bits per heavy atom. The van der Waals surface area contributed by atoms with Gasteiger partial charge >= 0.3 is 0 Å². The van der Waals surface area contributed by atoms with Gasteiger partial charge in [-0.1, -0.05) is 6.42 Å². The first-order valence-electron chi connectivity index (χ1n) is 6.24. The summed E-state index contributed by atoms with van der Waals surface area (Å²) in [6.07, 6.45) is 3.91. The topological polar surface area (TPSA) is 55.1 Å². The van der Waals surface area contributed by atoms with Crippen LogP contribution in [0.2, 0.25) is 0 Å². The molecule has 1 saturated carbocycles. The van der Waals surface area contributed by atoms with Gasteiger partial charge in [-0.3, -0.25) is 4.79 Å². The van der Waals surface area contributed by atoms with Crippen molar-refractivity contribution in [1.29, 1.82) is 0 Å². The van der Waals surface area contributed by atoms with Gasteiger partial charge < -0.3 is 11.1 Å². The molecule has 0 aliphatic heterocycles. The van der Waals surface area contributed by atoms with Gasteiger partial charge in [0, 0.05) is 12.1 Å². The van der Waals surface area contributed by atoms with Crippen LogP contribution in [0, 0.1) is 5.92 Å². The zero-order valence-corrected chi connectivity index (χ0v) is 11.0. The lowest BCUT2D eigenvalue weighted by Crippen LogP contribution is -2.43. The molecule has 0 saturated heterocycles. The molecule has 1 aliphatic carbocycles. The molecule has 3 unspecified atom stereocenters. The van der Waals surface area contributed by atoms with Crippen molar-refractivity contribution in [3.05, 3.63) is 22.4 Å². The van der Waals surface area contributed by atoms with E-state index in [1.807, 2.05) is 0 Å². The van der Waals surface area contributed by atoms with Gasteiger partial charge in [-0.25, -0.2) is 0 Å². The van der Waals surface area contributed by atoms with Gasteiger partial charge in [0.25, 0.3) is 0 Å². The van der Waals surface area contributed by atoms with Crippen LogP contribution in [0.3, 0.4) is 0 Å². The van der Waals surface area contributed by atoms with Crippen LogP contribution in [0.5, 0.6) is 0 Å². The summed E-state index contributed by atoms with van der Waals surface area (Å²) in [6, 6.07) is 2.35. The van der Waals surface area contributed by atoms with Crippen LogP contribution < -0.4 is 11.1 Å². The quantitative estimate of drug-likeness (QED) is 0.860. The number of hydrogen-bond acceptors (Lipinski definition) is 3. The second-order valence-corrected chi connectivity index (χ2v) is 5.73. The highest BCUT2D eigenvalue weighted by Gasteiger charge is 2.30. The number of thiophene rings is 1. The standard InChI is InChI=1S/C13H20N2OS/c1-9(7-10-5-6-17-8-10)15-13(16)11-3-2-4-12(11)14/h5-6,8-9,11-12H,2-4,7,14H2,1H3,(H,15,16). The first-order chi connectivity index (χ1) is 8.16.